The number of rotatable bonds is 4. The van der Waals surface area contributed by atoms with Crippen LogP contribution in [0.15, 0.2) is 54.7 Å². The Bertz CT molecular complexity index is 1450. The topological polar surface area (TPSA) is 89.1 Å². The number of imidazole rings is 1. The Morgan fingerprint density at radius 1 is 1.06 bits per heavy atom. The number of halogens is 3. The van der Waals surface area contributed by atoms with Crippen LogP contribution in [0, 0.1) is 0 Å². The molecule has 3 unspecified atom stereocenters. The van der Waals surface area contributed by atoms with E-state index in [1.54, 1.807) is 18.2 Å². The zero-order valence-electron chi connectivity index (χ0n) is 19.7. The summed E-state index contributed by atoms with van der Waals surface area (Å²) < 4.78 is 51.1. The minimum atomic E-state index is -4.41. The third kappa shape index (κ3) is 4.12. The molecule has 1 saturated carbocycles. The molecule has 1 fully saturated rings. The fourth-order valence-electron chi connectivity index (χ4n) is 4.46. The quantitative estimate of drug-likeness (QED) is 0.373. The second-order valence-corrected chi connectivity index (χ2v) is 8.24. The van der Waals surface area contributed by atoms with Crippen LogP contribution in [0.25, 0.3) is 11.0 Å². The smallest absolute Gasteiger partial charge is 0.416 e. The average molecular weight is 496 g/mol. The number of pyridine rings is 1. The number of nitrogens with one attached hydrogen (secondary N) is 2. The molecule has 36 heavy (non-hydrogen) atoms. The number of benzene rings is 2. The lowest BCUT2D eigenvalue weighted by molar-refractivity contribution is -0.137. The van der Waals surface area contributed by atoms with Crippen molar-refractivity contribution in [2.75, 3.05) is 7.05 Å². The van der Waals surface area contributed by atoms with E-state index < -0.39 is 11.7 Å². The Kier molecular flexibility index (Phi) is 5.82. The highest BCUT2D eigenvalue weighted by atomic mass is 19.4. The summed E-state index contributed by atoms with van der Waals surface area (Å²) in [5.74, 6) is 2.02. The molecule has 186 valence electrons. The normalized spacial score (nSPS) is 19.4. The molecule has 0 bridgehead atoms. The predicted molar refractivity (Wildman–Crippen MR) is 126 cm³/mol. The predicted octanol–water partition coefficient (Wildman–Crippen LogP) is 5.80. The van der Waals surface area contributed by atoms with Gasteiger partial charge in [0.15, 0.2) is 0 Å². The van der Waals surface area contributed by atoms with Crippen molar-refractivity contribution in [1.82, 2.24) is 20.3 Å². The van der Waals surface area contributed by atoms with Crippen LogP contribution in [0.4, 0.5) is 13.2 Å². The van der Waals surface area contributed by atoms with E-state index in [4.69, 9.17) is 9.47 Å². The molecule has 2 aromatic heterocycles. The maximum absolute atomic E-state index is 13.0. The molecule has 0 saturated heterocycles. The van der Waals surface area contributed by atoms with Crippen molar-refractivity contribution in [1.29, 1.82) is 0 Å². The first-order valence-electron chi connectivity index (χ1n) is 11.6. The van der Waals surface area contributed by atoms with Gasteiger partial charge >= 0.3 is 6.18 Å². The molecule has 3 heterocycles. The summed E-state index contributed by atoms with van der Waals surface area (Å²) in [5.41, 5.74) is 1.30. The van der Waals surface area contributed by atoms with E-state index in [1.165, 1.54) is 19.3 Å². The number of hydrogen-bond donors (Lipinski definition) is 2. The number of amides is 1. The van der Waals surface area contributed by atoms with Crippen molar-refractivity contribution in [2.45, 2.75) is 38.0 Å². The van der Waals surface area contributed by atoms with Gasteiger partial charge in [-0.2, -0.15) is 13.2 Å². The SMILES string of the molecule is CC.CNC(=O)c1cc(Oc2ccc3c(c2)C2C(O3)C2c2nc3ccc(C(F)(F)F)cc3[nH]2)ccn1. The van der Waals surface area contributed by atoms with Gasteiger partial charge < -0.3 is 19.8 Å². The molecule has 1 aliphatic carbocycles. The number of carbonyl (C=O) groups is 1. The third-order valence-corrected chi connectivity index (χ3v) is 6.13. The van der Waals surface area contributed by atoms with Gasteiger partial charge in [0.05, 0.1) is 22.5 Å². The van der Waals surface area contributed by atoms with E-state index in [-0.39, 0.29) is 29.5 Å². The lowest BCUT2D eigenvalue weighted by Gasteiger charge is -2.11. The van der Waals surface area contributed by atoms with E-state index in [9.17, 15) is 18.0 Å². The molecule has 1 amide bonds. The number of carbonyl (C=O) groups excluding carboxylic acids is 1. The molecular formula is C26H23F3N4O3. The minimum Gasteiger partial charge on any atom is -0.489 e. The summed E-state index contributed by atoms with van der Waals surface area (Å²) in [7, 11) is 1.53. The van der Waals surface area contributed by atoms with Crippen molar-refractivity contribution < 1.29 is 27.4 Å². The van der Waals surface area contributed by atoms with Gasteiger partial charge in [-0.1, -0.05) is 13.8 Å². The maximum Gasteiger partial charge on any atom is 0.416 e. The Morgan fingerprint density at radius 3 is 2.58 bits per heavy atom. The van der Waals surface area contributed by atoms with Gasteiger partial charge in [0.1, 0.15) is 34.9 Å². The molecule has 7 nitrogen and oxygen atoms in total. The number of hydrogen-bond acceptors (Lipinski definition) is 5. The monoisotopic (exact) mass is 496 g/mol. The first-order valence-corrected chi connectivity index (χ1v) is 11.6. The second kappa shape index (κ2) is 8.85. The summed E-state index contributed by atoms with van der Waals surface area (Å²) in [6, 6.07) is 12.2. The van der Waals surface area contributed by atoms with E-state index in [0.29, 0.717) is 28.4 Å². The van der Waals surface area contributed by atoms with Crippen LogP contribution in [-0.2, 0) is 6.18 Å². The third-order valence-electron chi connectivity index (χ3n) is 6.13. The molecule has 3 atom stereocenters. The molecule has 0 spiro atoms. The zero-order chi connectivity index (χ0) is 25.6. The van der Waals surface area contributed by atoms with Crippen molar-refractivity contribution in [3.8, 4) is 17.2 Å². The number of aromatic nitrogens is 3. The van der Waals surface area contributed by atoms with Crippen molar-refractivity contribution in [3.05, 3.63) is 77.4 Å². The van der Waals surface area contributed by atoms with Gasteiger partial charge in [0.2, 0.25) is 0 Å². The molecule has 4 aromatic rings. The standard InChI is InChI=1S/C24H17F3N4O3.C2H6/c1-28-23(32)17-10-13(6-7-29-17)33-12-3-5-18-14(9-12)19-20(21(19)34-18)22-30-15-4-2-11(24(25,26)27)8-16(15)31-22;1-2/h2-10,19-21H,1H3,(H,28,32)(H,30,31);1-2H3. The number of fused-ring (bicyclic) bond motifs is 4. The lowest BCUT2D eigenvalue weighted by atomic mass is 10.1. The molecule has 6 rings (SSSR count). The van der Waals surface area contributed by atoms with Gasteiger partial charge in [0, 0.05) is 30.8 Å². The van der Waals surface area contributed by atoms with Gasteiger partial charge in [-0.3, -0.25) is 9.78 Å². The second-order valence-electron chi connectivity index (χ2n) is 8.24. The Balaban J connectivity index is 0.00000130. The summed E-state index contributed by atoms with van der Waals surface area (Å²) in [6.07, 6.45) is -3.05. The fraction of sp³-hybridized carbons (Fsp3) is 0.269. The number of ether oxygens (including phenoxy) is 2. The summed E-state index contributed by atoms with van der Waals surface area (Å²) >= 11 is 0. The Labute approximate surface area is 204 Å². The number of alkyl halides is 3. The van der Waals surface area contributed by atoms with Gasteiger partial charge in [-0.25, -0.2) is 4.98 Å². The largest absolute Gasteiger partial charge is 0.489 e. The lowest BCUT2D eigenvalue weighted by Crippen LogP contribution is -2.18. The van der Waals surface area contributed by atoms with Crippen LogP contribution >= 0.6 is 0 Å². The van der Waals surface area contributed by atoms with Crippen molar-refractivity contribution in [2.24, 2.45) is 0 Å². The van der Waals surface area contributed by atoms with Crippen LogP contribution in [0.1, 0.15) is 53.1 Å². The van der Waals surface area contributed by atoms with E-state index in [2.05, 4.69) is 20.3 Å². The summed E-state index contributed by atoms with van der Waals surface area (Å²) in [6.45, 7) is 4.00. The van der Waals surface area contributed by atoms with Crippen molar-refractivity contribution >= 4 is 16.9 Å². The van der Waals surface area contributed by atoms with Crippen molar-refractivity contribution in [3.63, 3.8) is 0 Å². The van der Waals surface area contributed by atoms with Crippen LogP contribution in [0.5, 0.6) is 17.2 Å². The van der Waals surface area contributed by atoms with E-state index >= 15 is 0 Å². The molecule has 2 aliphatic rings. The van der Waals surface area contributed by atoms with E-state index in [1.807, 2.05) is 26.0 Å². The molecule has 2 aromatic carbocycles. The van der Waals surface area contributed by atoms with Crippen LogP contribution < -0.4 is 14.8 Å². The highest BCUT2D eigenvalue weighted by Crippen LogP contribution is 2.63. The zero-order valence-corrected chi connectivity index (χ0v) is 19.7. The van der Waals surface area contributed by atoms with Crippen LogP contribution in [0.3, 0.4) is 0 Å². The summed E-state index contributed by atoms with van der Waals surface area (Å²) in [4.78, 5) is 23.4. The fourth-order valence-corrected chi connectivity index (χ4v) is 4.46. The van der Waals surface area contributed by atoms with Gasteiger partial charge in [0.25, 0.3) is 5.91 Å². The first-order chi connectivity index (χ1) is 17.3. The molecule has 2 N–H and O–H groups in total. The first kappa shape index (κ1) is 23.7. The number of H-pyrrole nitrogens is 1. The number of nitrogens with zero attached hydrogens (tertiary/aromatic N) is 2. The molecule has 10 heteroatoms. The summed E-state index contributed by atoms with van der Waals surface area (Å²) in [5, 5.41) is 2.52. The average Bonchev–Trinajstić information content (AvgIpc) is 3.22. The highest BCUT2D eigenvalue weighted by molar-refractivity contribution is 5.92. The Morgan fingerprint density at radius 2 is 1.83 bits per heavy atom. The van der Waals surface area contributed by atoms with Crippen LogP contribution in [0.2, 0.25) is 0 Å². The maximum atomic E-state index is 13.0. The Hall–Kier alpha value is -4.08. The highest BCUT2D eigenvalue weighted by Gasteiger charge is 2.61. The molecule has 0 radical (unpaired) electrons. The van der Waals surface area contributed by atoms with Gasteiger partial charge in [-0.05, 0) is 42.5 Å². The number of aromatic amines is 1. The minimum absolute atomic E-state index is 0.0278. The molecule has 1 aliphatic heterocycles. The van der Waals surface area contributed by atoms with E-state index in [0.717, 1.165) is 23.4 Å². The van der Waals surface area contributed by atoms with Gasteiger partial charge in [-0.15, -0.1) is 0 Å². The van der Waals surface area contributed by atoms with Crippen LogP contribution in [-0.4, -0.2) is 34.0 Å². The molecular weight excluding hydrogens is 473 g/mol.